The maximum absolute atomic E-state index is 5.84. The van der Waals surface area contributed by atoms with Gasteiger partial charge in [-0.25, -0.2) is 0 Å². The Kier molecular flexibility index (Phi) is 1.68. The van der Waals surface area contributed by atoms with Crippen LogP contribution in [-0.4, -0.2) is 0 Å². The van der Waals surface area contributed by atoms with Gasteiger partial charge in [-0.15, -0.1) is 0 Å². The smallest absolute Gasteiger partial charge is 0.0350 e. The number of nitrogens with two attached hydrogens (primary N) is 2. The third-order valence-electron chi connectivity index (χ3n) is 2.66. The molecule has 0 aliphatic heterocycles. The minimum Gasteiger partial charge on any atom is -0.399 e. The molecule has 1 aromatic rings. The van der Waals surface area contributed by atoms with Gasteiger partial charge in [0.15, 0.2) is 0 Å². The van der Waals surface area contributed by atoms with Crippen molar-refractivity contribution in [2.75, 3.05) is 11.5 Å². The molecule has 0 atom stereocenters. The fourth-order valence-corrected chi connectivity index (χ4v) is 1.67. The first-order valence-corrected chi connectivity index (χ1v) is 4.42. The molecule has 0 heterocycles. The zero-order chi connectivity index (χ0) is 8.55. The average molecular weight is 162 g/mol. The van der Waals surface area contributed by atoms with Gasteiger partial charge >= 0.3 is 0 Å². The van der Waals surface area contributed by atoms with Crippen LogP contribution in [0.4, 0.5) is 11.4 Å². The van der Waals surface area contributed by atoms with E-state index in [4.69, 9.17) is 11.5 Å². The topological polar surface area (TPSA) is 52.0 Å². The summed E-state index contributed by atoms with van der Waals surface area (Å²) in [6.07, 6.45) is 3.88. The van der Waals surface area contributed by atoms with Crippen LogP contribution >= 0.6 is 0 Å². The predicted octanol–water partition coefficient (Wildman–Crippen LogP) is 2.12. The van der Waals surface area contributed by atoms with Crippen molar-refractivity contribution in [3.63, 3.8) is 0 Å². The molecule has 1 aliphatic carbocycles. The Balaban J connectivity index is 2.34. The molecule has 0 spiro atoms. The normalized spacial score (nSPS) is 17.3. The van der Waals surface area contributed by atoms with Crippen molar-refractivity contribution in [2.45, 2.75) is 25.2 Å². The monoisotopic (exact) mass is 162 g/mol. The van der Waals surface area contributed by atoms with Crippen LogP contribution in [-0.2, 0) is 0 Å². The molecule has 64 valence electrons. The van der Waals surface area contributed by atoms with E-state index in [1.165, 1.54) is 24.8 Å². The van der Waals surface area contributed by atoms with Gasteiger partial charge in [-0.2, -0.15) is 0 Å². The second-order valence-electron chi connectivity index (χ2n) is 3.52. The fourth-order valence-electron chi connectivity index (χ4n) is 1.67. The van der Waals surface area contributed by atoms with Crippen LogP contribution in [0.2, 0.25) is 0 Å². The summed E-state index contributed by atoms with van der Waals surface area (Å²) < 4.78 is 0. The molecule has 0 radical (unpaired) electrons. The number of benzene rings is 1. The molecule has 1 saturated carbocycles. The Hall–Kier alpha value is -1.18. The van der Waals surface area contributed by atoms with Crippen LogP contribution < -0.4 is 11.5 Å². The van der Waals surface area contributed by atoms with Crippen LogP contribution in [0, 0.1) is 0 Å². The Bertz CT molecular complexity index is 290. The molecule has 1 fully saturated rings. The standard InChI is InChI=1S/C10H14N2/c11-8-4-5-10(12)9(6-8)7-2-1-3-7/h4-7H,1-3,11-12H2. The van der Waals surface area contributed by atoms with E-state index in [0.717, 1.165) is 11.4 Å². The fraction of sp³-hybridized carbons (Fsp3) is 0.400. The van der Waals surface area contributed by atoms with Crippen LogP contribution in [0.5, 0.6) is 0 Å². The maximum atomic E-state index is 5.84. The van der Waals surface area contributed by atoms with Crippen molar-refractivity contribution >= 4 is 11.4 Å². The van der Waals surface area contributed by atoms with Gasteiger partial charge in [-0.1, -0.05) is 6.42 Å². The first-order valence-electron chi connectivity index (χ1n) is 4.42. The van der Waals surface area contributed by atoms with E-state index in [1.54, 1.807) is 0 Å². The summed E-state index contributed by atoms with van der Waals surface area (Å²) in [7, 11) is 0. The SMILES string of the molecule is Nc1ccc(N)c(C2CCC2)c1. The third-order valence-corrected chi connectivity index (χ3v) is 2.66. The molecule has 1 aliphatic rings. The summed E-state index contributed by atoms with van der Waals surface area (Å²) in [5.41, 5.74) is 14.5. The van der Waals surface area contributed by atoms with Crippen LogP contribution in [0.25, 0.3) is 0 Å². The first-order chi connectivity index (χ1) is 5.77. The lowest BCUT2D eigenvalue weighted by molar-refractivity contribution is 0.421. The van der Waals surface area contributed by atoms with Crippen molar-refractivity contribution in [2.24, 2.45) is 0 Å². The maximum Gasteiger partial charge on any atom is 0.0350 e. The zero-order valence-corrected chi connectivity index (χ0v) is 7.09. The lowest BCUT2D eigenvalue weighted by atomic mass is 9.79. The number of anilines is 2. The molecule has 2 nitrogen and oxygen atoms in total. The Labute approximate surface area is 72.6 Å². The summed E-state index contributed by atoms with van der Waals surface area (Å²) in [4.78, 5) is 0. The highest BCUT2D eigenvalue weighted by Gasteiger charge is 2.21. The van der Waals surface area contributed by atoms with Gasteiger partial charge in [0, 0.05) is 11.4 Å². The molecule has 1 aromatic carbocycles. The van der Waals surface area contributed by atoms with Gasteiger partial charge in [0.05, 0.1) is 0 Å². The van der Waals surface area contributed by atoms with E-state index in [-0.39, 0.29) is 0 Å². The summed E-state index contributed by atoms with van der Waals surface area (Å²) in [6, 6.07) is 5.78. The molecule has 2 heteroatoms. The van der Waals surface area contributed by atoms with Crippen molar-refractivity contribution in [1.29, 1.82) is 0 Å². The van der Waals surface area contributed by atoms with Crippen molar-refractivity contribution in [3.05, 3.63) is 23.8 Å². The third kappa shape index (κ3) is 1.13. The lowest BCUT2D eigenvalue weighted by Gasteiger charge is -2.27. The van der Waals surface area contributed by atoms with Crippen LogP contribution in [0.1, 0.15) is 30.7 Å². The van der Waals surface area contributed by atoms with Crippen molar-refractivity contribution in [1.82, 2.24) is 0 Å². The number of hydrogen-bond donors (Lipinski definition) is 2. The Morgan fingerprint density at radius 2 is 1.92 bits per heavy atom. The molecule has 2 rings (SSSR count). The highest BCUT2D eigenvalue weighted by atomic mass is 14.6. The molecule has 0 unspecified atom stereocenters. The van der Waals surface area contributed by atoms with Crippen LogP contribution in [0.15, 0.2) is 18.2 Å². The number of rotatable bonds is 1. The van der Waals surface area contributed by atoms with E-state index < -0.39 is 0 Å². The van der Waals surface area contributed by atoms with Gasteiger partial charge in [0.2, 0.25) is 0 Å². The molecule has 12 heavy (non-hydrogen) atoms. The van der Waals surface area contributed by atoms with E-state index in [2.05, 4.69) is 0 Å². The highest BCUT2D eigenvalue weighted by molar-refractivity contribution is 5.56. The summed E-state index contributed by atoms with van der Waals surface area (Å²) >= 11 is 0. The average Bonchev–Trinajstić information content (AvgIpc) is 1.93. The van der Waals surface area contributed by atoms with Gasteiger partial charge in [0.1, 0.15) is 0 Å². The first kappa shape index (κ1) is 7.47. The Morgan fingerprint density at radius 3 is 2.50 bits per heavy atom. The van der Waals surface area contributed by atoms with Gasteiger partial charge in [-0.05, 0) is 42.5 Å². The van der Waals surface area contributed by atoms with Gasteiger partial charge < -0.3 is 11.5 Å². The van der Waals surface area contributed by atoms with E-state index >= 15 is 0 Å². The second kappa shape index (κ2) is 2.70. The van der Waals surface area contributed by atoms with E-state index in [1.807, 2.05) is 18.2 Å². The predicted molar refractivity (Wildman–Crippen MR) is 51.9 cm³/mol. The number of nitrogen functional groups attached to an aromatic ring is 2. The summed E-state index contributed by atoms with van der Waals surface area (Å²) in [5, 5.41) is 0. The van der Waals surface area contributed by atoms with Crippen molar-refractivity contribution < 1.29 is 0 Å². The van der Waals surface area contributed by atoms with Crippen LogP contribution in [0.3, 0.4) is 0 Å². The highest BCUT2D eigenvalue weighted by Crippen LogP contribution is 2.39. The molecule has 0 amide bonds. The minimum atomic E-state index is 0.675. The van der Waals surface area contributed by atoms with Crippen molar-refractivity contribution in [3.8, 4) is 0 Å². The quantitative estimate of drug-likeness (QED) is 0.621. The number of hydrogen-bond acceptors (Lipinski definition) is 2. The van der Waals surface area contributed by atoms with E-state index in [9.17, 15) is 0 Å². The minimum absolute atomic E-state index is 0.675. The van der Waals surface area contributed by atoms with Gasteiger partial charge in [-0.3, -0.25) is 0 Å². The molecule has 0 aromatic heterocycles. The zero-order valence-electron chi connectivity index (χ0n) is 7.09. The summed E-state index contributed by atoms with van der Waals surface area (Å²) in [5.74, 6) is 0.675. The molecular formula is C10H14N2. The molecule has 0 bridgehead atoms. The summed E-state index contributed by atoms with van der Waals surface area (Å²) in [6.45, 7) is 0. The largest absolute Gasteiger partial charge is 0.399 e. The van der Waals surface area contributed by atoms with E-state index in [0.29, 0.717) is 5.92 Å². The molecule has 4 N–H and O–H groups in total. The van der Waals surface area contributed by atoms with Gasteiger partial charge in [0.25, 0.3) is 0 Å². The molecule has 0 saturated heterocycles. The second-order valence-corrected chi connectivity index (χ2v) is 3.52. The lowest BCUT2D eigenvalue weighted by Crippen LogP contribution is -2.11. The molecular weight excluding hydrogens is 148 g/mol. The Morgan fingerprint density at radius 1 is 1.17 bits per heavy atom.